The van der Waals surface area contributed by atoms with E-state index in [0.29, 0.717) is 23.2 Å². The fourth-order valence-electron chi connectivity index (χ4n) is 2.90. The summed E-state index contributed by atoms with van der Waals surface area (Å²) in [7, 11) is 0. The third kappa shape index (κ3) is 6.27. The molecule has 9 heteroatoms. The second kappa shape index (κ2) is 10.7. The number of hydrogen-bond acceptors (Lipinski definition) is 5. The van der Waals surface area contributed by atoms with E-state index < -0.39 is 0 Å². The summed E-state index contributed by atoms with van der Waals surface area (Å²) in [4.78, 5) is 24.7. The highest BCUT2D eigenvalue weighted by Crippen LogP contribution is 2.20. The molecule has 166 valence electrons. The molecular formula is C23H24FN5O2S. The monoisotopic (exact) mass is 453 g/mol. The smallest absolute Gasteiger partial charge is 0.234 e. The molecular weight excluding hydrogens is 429 g/mol. The molecule has 2 N–H and O–H groups in total. The summed E-state index contributed by atoms with van der Waals surface area (Å²) in [6.07, 6.45) is 1.65. The first-order chi connectivity index (χ1) is 15.4. The van der Waals surface area contributed by atoms with Crippen molar-refractivity contribution in [2.45, 2.75) is 32.0 Å². The van der Waals surface area contributed by atoms with Crippen LogP contribution in [0.15, 0.2) is 60.3 Å². The number of anilines is 2. The maximum Gasteiger partial charge on any atom is 0.234 e. The zero-order chi connectivity index (χ0) is 23.1. The number of amides is 2. The van der Waals surface area contributed by atoms with Gasteiger partial charge in [-0.2, -0.15) is 0 Å². The number of thioether (sulfide) groups is 1. The van der Waals surface area contributed by atoms with E-state index in [1.54, 1.807) is 10.6 Å². The van der Waals surface area contributed by atoms with Crippen LogP contribution in [0.1, 0.15) is 17.0 Å². The Balaban J connectivity index is 1.61. The quantitative estimate of drug-likeness (QED) is 0.376. The summed E-state index contributed by atoms with van der Waals surface area (Å²) in [6.45, 7) is 8.14. The molecule has 3 aromatic rings. The van der Waals surface area contributed by atoms with Crippen molar-refractivity contribution in [1.29, 1.82) is 0 Å². The molecule has 0 radical (unpaired) electrons. The molecule has 0 aliphatic heterocycles. The van der Waals surface area contributed by atoms with Gasteiger partial charge in [0.15, 0.2) is 5.16 Å². The van der Waals surface area contributed by atoms with Gasteiger partial charge in [-0.3, -0.25) is 9.59 Å². The molecule has 0 aliphatic carbocycles. The summed E-state index contributed by atoms with van der Waals surface area (Å²) < 4.78 is 14.8. The normalized spacial score (nSPS) is 10.6. The van der Waals surface area contributed by atoms with Crippen LogP contribution in [0, 0.1) is 19.7 Å². The Kier molecular flexibility index (Phi) is 7.77. The van der Waals surface area contributed by atoms with E-state index in [9.17, 15) is 14.0 Å². The number of nitrogens with zero attached hydrogens (tertiary/aromatic N) is 3. The van der Waals surface area contributed by atoms with E-state index in [1.165, 1.54) is 36.0 Å². The van der Waals surface area contributed by atoms with Gasteiger partial charge in [0.1, 0.15) is 11.6 Å². The Morgan fingerprint density at radius 3 is 2.41 bits per heavy atom. The Labute approximate surface area is 190 Å². The highest BCUT2D eigenvalue weighted by molar-refractivity contribution is 7.99. The van der Waals surface area contributed by atoms with Crippen molar-refractivity contribution in [2.24, 2.45) is 0 Å². The van der Waals surface area contributed by atoms with Gasteiger partial charge in [-0.05, 0) is 61.4 Å². The van der Waals surface area contributed by atoms with Crippen molar-refractivity contribution in [3.63, 3.8) is 0 Å². The maximum atomic E-state index is 13.0. The standard InChI is InChI=1S/C23H24FN5O2S/c1-4-11-29-20(13-21(30)25-18-9-6-17(24)7-10-18)27-28-23(29)32-14-22(31)26-19-8-5-15(2)16(3)12-19/h4-10,12H,1,11,13-14H2,2-3H3,(H,25,30)(H,26,31). The molecule has 0 aliphatic rings. The number of benzene rings is 2. The van der Waals surface area contributed by atoms with Crippen molar-refractivity contribution in [2.75, 3.05) is 16.4 Å². The van der Waals surface area contributed by atoms with E-state index >= 15 is 0 Å². The van der Waals surface area contributed by atoms with Crippen LogP contribution >= 0.6 is 11.8 Å². The Morgan fingerprint density at radius 1 is 1.03 bits per heavy atom. The van der Waals surface area contributed by atoms with E-state index in [2.05, 4.69) is 27.4 Å². The lowest BCUT2D eigenvalue weighted by Gasteiger charge is -2.09. The Hall–Kier alpha value is -3.46. The number of rotatable bonds is 9. The third-order valence-electron chi connectivity index (χ3n) is 4.67. The molecule has 7 nitrogen and oxygen atoms in total. The van der Waals surface area contributed by atoms with E-state index in [1.807, 2.05) is 32.0 Å². The van der Waals surface area contributed by atoms with Gasteiger partial charge >= 0.3 is 0 Å². The van der Waals surface area contributed by atoms with Crippen LogP contribution in [-0.2, 0) is 22.6 Å². The van der Waals surface area contributed by atoms with Gasteiger partial charge in [0.2, 0.25) is 11.8 Å². The van der Waals surface area contributed by atoms with Crippen LogP contribution < -0.4 is 10.6 Å². The van der Waals surface area contributed by atoms with Crippen molar-refractivity contribution in [3.05, 3.63) is 77.9 Å². The predicted molar refractivity (Wildman–Crippen MR) is 124 cm³/mol. The molecule has 0 unspecified atom stereocenters. The molecule has 0 spiro atoms. The lowest BCUT2D eigenvalue weighted by molar-refractivity contribution is -0.116. The fraction of sp³-hybridized carbons (Fsp3) is 0.217. The van der Waals surface area contributed by atoms with Crippen molar-refractivity contribution in [1.82, 2.24) is 14.8 Å². The van der Waals surface area contributed by atoms with E-state index in [0.717, 1.165) is 16.8 Å². The largest absolute Gasteiger partial charge is 0.326 e. The van der Waals surface area contributed by atoms with Gasteiger partial charge in [-0.25, -0.2) is 4.39 Å². The fourth-order valence-corrected chi connectivity index (χ4v) is 3.66. The lowest BCUT2D eigenvalue weighted by Crippen LogP contribution is -2.18. The van der Waals surface area contributed by atoms with Crippen LogP contribution in [0.4, 0.5) is 15.8 Å². The van der Waals surface area contributed by atoms with Crippen LogP contribution in [-0.4, -0.2) is 32.3 Å². The topological polar surface area (TPSA) is 88.9 Å². The van der Waals surface area contributed by atoms with Crippen molar-refractivity contribution < 1.29 is 14.0 Å². The molecule has 1 aromatic heterocycles. The van der Waals surface area contributed by atoms with Gasteiger partial charge < -0.3 is 15.2 Å². The molecule has 0 saturated carbocycles. The summed E-state index contributed by atoms with van der Waals surface area (Å²) in [5, 5.41) is 14.3. The molecule has 0 saturated heterocycles. The molecule has 0 fully saturated rings. The summed E-state index contributed by atoms with van der Waals surface area (Å²) in [5.74, 6) is -0.261. The summed E-state index contributed by atoms with van der Waals surface area (Å²) in [6, 6.07) is 11.3. The molecule has 0 atom stereocenters. The molecule has 0 bridgehead atoms. The predicted octanol–water partition coefficient (Wildman–Crippen LogP) is 4.13. The van der Waals surface area contributed by atoms with Gasteiger partial charge in [-0.1, -0.05) is 23.9 Å². The first-order valence-corrected chi connectivity index (χ1v) is 10.9. The minimum Gasteiger partial charge on any atom is -0.326 e. The minimum atomic E-state index is -0.378. The molecule has 3 rings (SSSR count). The highest BCUT2D eigenvalue weighted by atomic mass is 32.2. The number of aromatic nitrogens is 3. The second-order valence-corrected chi connectivity index (χ2v) is 8.11. The van der Waals surface area contributed by atoms with Crippen molar-refractivity contribution >= 4 is 35.0 Å². The number of carbonyl (C=O) groups is 2. The summed E-state index contributed by atoms with van der Waals surface area (Å²) >= 11 is 1.23. The lowest BCUT2D eigenvalue weighted by atomic mass is 10.1. The number of halogens is 1. The average Bonchev–Trinajstić information content (AvgIpc) is 3.12. The van der Waals surface area contributed by atoms with Crippen LogP contribution in [0.5, 0.6) is 0 Å². The molecule has 2 aromatic carbocycles. The third-order valence-corrected chi connectivity index (χ3v) is 5.64. The van der Waals surface area contributed by atoms with Crippen LogP contribution in [0.3, 0.4) is 0 Å². The van der Waals surface area contributed by atoms with Gasteiger partial charge in [0.25, 0.3) is 0 Å². The van der Waals surface area contributed by atoms with E-state index in [4.69, 9.17) is 0 Å². The van der Waals surface area contributed by atoms with Crippen LogP contribution in [0.25, 0.3) is 0 Å². The molecule has 1 heterocycles. The molecule has 2 amide bonds. The number of hydrogen-bond donors (Lipinski definition) is 2. The second-order valence-electron chi connectivity index (χ2n) is 7.17. The maximum absolute atomic E-state index is 13.0. The highest BCUT2D eigenvalue weighted by Gasteiger charge is 2.16. The SMILES string of the molecule is C=CCn1c(CC(=O)Nc2ccc(F)cc2)nnc1SCC(=O)Nc1ccc(C)c(C)c1. The van der Waals surface area contributed by atoms with Gasteiger partial charge in [0.05, 0.1) is 12.2 Å². The van der Waals surface area contributed by atoms with Crippen LogP contribution in [0.2, 0.25) is 0 Å². The molecule has 32 heavy (non-hydrogen) atoms. The minimum absolute atomic E-state index is 0.0202. The van der Waals surface area contributed by atoms with E-state index in [-0.39, 0.29) is 29.8 Å². The first-order valence-electron chi connectivity index (χ1n) is 9.94. The number of nitrogens with one attached hydrogen (secondary N) is 2. The number of carbonyl (C=O) groups excluding carboxylic acids is 2. The van der Waals surface area contributed by atoms with Gasteiger partial charge in [-0.15, -0.1) is 16.8 Å². The Bertz CT molecular complexity index is 1130. The zero-order valence-electron chi connectivity index (χ0n) is 17.9. The average molecular weight is 454 g/mol. The summed E-state index contributed by atoms with van der Waals surface area (Å²) in [5.41, 5.74) is 3.49. The first kappa shape index (κ1) is 23.2. The number of aryl methyl sites for hydroxylation is 2. The van der Waals surface area contributed by atoms with Crippen molar-refractivity contribution in [3.8, 4) is 0 Å². The van der Waals surface area contributed by atoms with Gasteiger partial charge in [0, 0.05) is 17.9 Å². The number of allylic oxidation sites excluding steroid dienone is 1. The zero-order valence-corrected chi connectivity index (χ0v) is 18.7. The Morgan fingerprint density at radius 2 is 1.72 bits per heavy atom.